The zero-order valence-electron chi connectivity index (χ0n) is 12.9. The van der Waals surface area contributed by atoms with Gasteiger partial charge in [0.15, 0.2) is 10.3 Å². The first-order valence-electron chi connectivity index (χ1n) is 6.96. The molecule has 0 aromatic carbocycles. The van der Waals surface area contributed by atoms with Gasteiger partial charge in [0.2, 0.25) is 0 Å². The van der Waals surface area contributed by atoms with E-state index in [1.165, 1.54) is 22.7 Å². The molecule has 0 spiro atoms. The molecular formula is C15H13N5O2S2. The minimum atomic E-state index is -0.413. The highest BCUT2D eigenvalue weighted by Crippen LogP contribution is 2.18. The predicted octanol–water partition coefficient (Wildman–Crippen LogP) is 3.12. The Bertz CT molecular complexity index is 833. The molecule has 0 unspecified atom stereocenters. The van der Waals surface area contributed by atoms with E-state index in [0.717, 1.165) is 9.75 Å². The zero-order valence-corrected chi connectivity index (χ0v) is 14.5. The molecule has 3 rings (SSSR count). The lowest BCUT2D eigenvalue weighted by atomic mass is 10.3. The molecule has 24 heavy (non-hydrogen) atoms. The van der Waals surface area contributed by atoms with Gasteiger partial charge in [-0.2, -0.15) is 0 Å². The van der Waals surface area contributed by atoms with Crippen LogP contribution in [0, 0.1) is 13.8 Å². The van der Waals surface area contributed by atoms with E-state index in [4.69, 9.17) is 0 Å². The lowest BCUT2D eigenvalue weighted by molar-refractivity contribution is 0.101. The normalized spacial score (nSPS) is 10.4. The van der Waals surface area contributed by atoms with Crippen molar-refractivity contribution in [1.82, 2.24) is 15.0 Å². The summed E-state index contributed by atoms with van der Waals surface area (Å²) < 4.78 is 0. The van der Waals surface area contributed by atoms with E-state index < -0.39 is 11.8 Å². The first kappa shape index (κ1) is 16.2. The number of hydrogen-bond donors (Lipinski definition) is 2. The quantitative estimate of drug-likeness (QED) is 0.746. The highest BCUT2D eigenvalue weighted by Gasteiger charge is 2.14. The van der Waals surface area contributed by atoms with Gasteiger partial charge < -0.3 is 0 Å². The number of thiazole rings is 2. The Morgan fingerprint density at radius 1 is 0.875 bits per heavy atom. The maximum absolute atomic E-state index is 12.2. The molecule has 0 bridgehead atoms. The van der Waals surface area contributed by atoms with Crippen molar-refractivity contribution in [3.63, 3.8) is 0 Å². The number of aromatic nitrogens is 3. The summed E-state index contributed by atoms with van der Waals surface area (Å²) in [6, 6.07) is 4.69. The Kier molecular flexibility index (Phi) is 4.63. The molecule has 0 aliphatic heterocycles. The third kappa shape index (κ3) is 3.81. The molecule has 122 valence electrons. The van der Waals surface area contributed by atoms with E-state index in [9.17, 15) is 9.59 Å². The smallest absolute Gasteiger partial charge is 0.276 e. The highest BCUT2D eigenvalue weighted by molar-refractivity contribution is 7.16. The second-order valence-corrected chi connectivity index (χ2v) is 7.34. The van der Waals surface area contributed by atoms with Crippen LogP contribution < -0.4 is 10.6 Å². The fourth-order valence-electron chi connectivity index (χ4n) is 1.83. The zero-order chi connectivity index (χ0) is 17.1. The summed E-state index contributed by atoms with van der Waals surface area (Å²) in [5, 5.41) is 6.31. The number of pyridine rings is 1. The molecule has 0 aliphatic rings. The van der Waals surface area contributed by atoms with Crippen molar-refractivity contribution >= 4 is 44.8 Å². The van der Waals surface area contributed by atoms with Crippen LogP contribution in [-0.4, -0.2) is 26.8 Å². The van der Waals surface area contributed by atoms with E-state index in [2.05, 4.69) is 25.6 Å². The summed E-state index contributed by atoms with van der Waals surface area (Å²) in [5.74, 6) is -0.826. The number of nitrogens with zero attached hydrogens (tertiary/aromatic N) is 3. The number of amides is 2. The molecule has 3 aromatic heterocycles. The molecular weight excluding hydrogens is 346 g/mol. The van der Waals surface area contributed by atoms with Gasteiger partial charge in [-0.05, 0) is 26.0 Å². The van der Waals surface area contributed by atoms with Gasteiger partial charge >= 0.3 is 0 Å². The Morgan fingerprint density at radius 2 is 1.33 bits per heavy atom. The third-order valence-corrected chi connectivity index (χ3v) is 4.55. The van der Waals surface area contributed by atoms with Crippen LogP contribution in [0.1, 0.15) is 30.7 Å². The molecule has 0 aliphatic carbocycles. The van der Waals surface area contributed by atoms with Gasteiger partial charge in [0.25, 0.3) is 11.8 Å². The second-order valence-electron chi connectivity index (χ2n) is 4.87. The molecule has 0 radical (unpaired) electrons. The van der Waals surface area contributed by atoms with E-state index in [1.54, 1.807) is 30.6 Å². The van der Waals surface area contributed by atoms with Crippen LogP contribution in [0.25, 0.3) is 0 Å². The van der Waals surface area contributed by atoms with Gasteiger partial charge in [-0.3, -0.25) is 20.2 Å². The second kappa shape index (κ2) is 6.85. The van der Waals surface area contributed by atoms with E-state index in [-0.39, 0.29) is 11.4 Å². The van der Waals surface area contributed by atoms with Crippen molar-refractivity contribution in [3.8, 4) is 0 Å². The summed E-state index contributed by atoms with van der Waals surface area (Å²) in [6.45, 7) is 3.80. The average Bonchev–Trinajstić information content (AvgIpc) is 3.15. The van der Waals surface area contributed by atoms with Crippen LogP contribution in [0.15, 0.2) is 30.6 Å². The van der Waals surface area contributed by atoms with Crippen molar-refractivity contribution in [2.45, 2.75) is 13.8 Å². The van der Waals surface area contributed by atoms with Gasteiger partial charge in [-0.25, -0.2) is 15.0 Å². The Morgan fingerprint density at radius 3 is 1.71 bits per heavy atom. The largest absolute Gasteiger partial charge is 0.296 e. The summed E-state index contributed by atoms with van der Waals surface area (Å²) >= 11 is 2.74. The van der Waals surface area contributed by atoms with E-state index >= 15 is 0 Å². The van der Waals surface area contributed by atoms with Gasteiger partial charge in [-0.15, -0.1) is 22.7 Å². The van der Waals surface area contributed by atoms with Gasteiger partial charge in [-0.1, -0.05) is 6.07 Å². The maximum Gasteiger partial charge on any atom is 0.276 e. The Balaban J connectivity index is 1.73. The predicted molar refractivity (Wildman–Crippen MR) is 93.8 cm³/mol. The van der Waals surface area contributed by atoms with Gasteiger partial charge in [0.1, 0.15) is 11.4 Å². The first-order valence-corrected chi connectivity index (χ1v) is 8.59. The van der Waals surface area contributed by atoms with Crippen LogP contribution in [0.2, 0.25) is 0 Å². The number of aryl methyl sites for hydroxylation is 2. The molecule has 0 atom stereocenters. The molecule has 7 nitrogen and oxygen atoms in total. The lowest BCUT2D eigenvalue weighted by Gasteiger charge is -2.04. The molecule has 3 aromatic rings. The maximum atomic E-state index is 12.2. The van der Waals surface area contributed by atoms with Crippen LogP contribution in [0.4, 0.5) is 10.3 Å². The van der Waals surface area contributed by atoms with E-state index in [0.29, 0.717) is 10.3 Å². The fourth-order valence-corrected chi connectivity index (χ4v) is 3.15. The van der Waals surface area contributed by atoms with Crippen LogP contribution in [0.3, 0.4) is 0 Å². The van der Waals surface area contributed by atoms with Crippen molar-refractivity contribution in [3.05, 3.63) is 51.7 Å². The van der Waals surface area contributed by atoms with Crippen LogP contribution in [-0.2, 0) is 0 Å². The molecule has 2 amide bonds. The summed E-state index contributed by atoms with van der Waals surface area (Å²) in [6.07, 6.45) is 3.35. The number of carbonyl (C=O) groups excluding carboxylic acids is 2. The topological polar surface area (TPSA) is 96.9 Å². The molecule has 2 N–H and O–H groups in total. The van der Waals surface area contributed by atoms with Crippen molar-refractivity contribution in [2.75, 3.05) is 10.6 Å². The minimum Gasteiger partial charge on any atom is -0.296 e. The monoisotopic (exact) mass is 359 g/mol. The minimum absolute atomic E-state index is 0.144. The third-order valence-electron chi connectivity index (χ3n) is 2.90. The van der Waals surface area contributed by atoms with Crippen LogP contribution >= 0.6 is 22.7 Å². The number of nitrogens with one attached hydrogen (secondary N) is 2. The van der Waals surface area contributed by atoms with Gasteiger partial charge in [0, 0.05) is 22.1 Å². The van der Waals surface area contributed by atoms with Crippen molar-refractivity contribution < 1.29 is 9.59 Å². The average molecular weight is 359 g/mol. The van der Waals surface area contributed by atoms with Crippen LogP contribution in [0.5, 0.6) is 0 Å². The number of carbonyl (C=O) groups is 2. The SMILES string of the molecule is Cc1cnc(NC(=O)c2cccc(C(=O)Nc3ncc(C)s3)n2)s1. The summed E-state index contributed by atoms with van der Waals surface area (Å²) in [7, 11) is 0. The molecule has 0 saturated heterocycles. The Hall–Kier alpha value is -2.65. The molecule has 9 heteroatoms. The highest BCUT2D eigenvalue weighted by atomic mass is 32.1. The molecule has 3 heterocycles. The first-order chi connectivity index (χ1) is 11.5. The number of hydrogen-bond acceptors (Lipinski definition) is 7. The number of anilines is 2. The van der Waals surface area contributed by atoms with Crippen molar-refractivity contribution in [1.29, 1.82) is 0 Å². The Labute approximate surface area is 145 Å². The summed E-state index contributed by atoms with van der Waals surface area (Å²) in [5.41, 5.74) is 0.289. The standard InChI is InChI=1S/C15H13N5O2S2/c1-8-6-16-14(23-8)19-12(21)10-4-3-5-11(18-10)13(22)20-15-17-7-9(2)24-15/h3-7H,1-2H3,(H,16,19,21)(H,17,20,22). The number of rotatable bonds is 4. The fraction of sp³-hybridized carbons (Fsp3) is 0.133. The summed E-state index contributed by atoms with van der Waals surface area (Å²) in [4.78, 5) is 38.7. The van der Waals surface area contributed by atoms with Gasteiger partial charge in [0.05, 0.1) is 0 Å². The van der Waals surface area contributed by atoms with Crippen molar-refractivity contribution in [2.24, 2.45) is 0 Å². The lowest BCUT2D eigenvalue weighted by Crippen LogP contribution is -2.18. The van der Waals surface area contributed by atoms with E-state index in [1.807, 2.05) is 13.8 Å². The molecule has 0 saturated carbocycles. The molecule has 0 fully saturated rings.